The highest BCUT2D eigenvalue weighted by Gasteiger charge is 2.23. The van der Waals surface area contributed by atoms with Gasteiger partial charge in [-0.05, 0) is 24.8 Å². The van der Waals surface area contributed by atoms with Crippen molar-refractivity contribution in [3.05, 3.63) is 23.3 Å². The van der Waals surface area contributed by atoms with Crippen LogP contribution in [0.25, 0.3) is 0 Å². The molecule has 0 aliphatic heterocycles. The maximum Gasteiger partial charge on any atom is 0.334 e. The van der Waals surface area contributed by atoms with Gasteiger partial charge in [0.05, 0.1) is 20.6 Å². The Balaban J connectivity index is 0. The minimum atomic E-state index is -0.943. The van der Waals surface area contributed by atoms with Crippen molar-refractivity contribution in [2.75, 3.05) is 20.8 Å². The van der Waals surface area contributed by atoms with Crippen LogP contribution < -0.4 is 5.73 Å². The maximum absolute atomic E-state index is 11.6. The molecule has 0 heterocycles. The highest BCUT2D eigenvalue weighted by Crippen LogP contribution is 2.21. The zero-order valence-electron chi connectivity index (χ0n) is 14.5. The molecule has 7 nitrogen and oxygen atoms in total. The summed E-state index contributed by atoms with van der Waals surface area (Å²) < 4.78 is 8.93. The lowest BCUT2D eigenvalue weighted by Crippen LogP contribution is -2.20. The molecule has 0 rings (SSSR count). The molecule has 0 bridgehead atoms. The van der Waals surface area contributed by atoms with Crippen LogP contribution in [-0.4, -0.2) is 43.8 Å². The Bertz CT molecular complexity index is 461. The first-order valence-electron chi connectivity index (χ1n) is 7.11. The van der Waals surface area contributed by atoms with E-state index >= 15 is 0 Å². The zero-order valence-corrected chi connectivity index (χ0v) is 14.5. The Hall–Kier alpha value is -2.15. The van der Waals surface area contributed by atoms with Crippen LogP contribution in [0.2, 0.25) is 0 Å². The van der Waals surface area contributed by atoms with Crippen molar-refractivity contribution >= 4 is 17.9 Å². The predicted molar refractivity (Wildman–Crippen MR) is 86.6 cm³/mol. The molecule has 0 aromatic heterocycles. The average Bonchev–Trinajstić information content (AvgIpc) is 2.50. The predicted octanol–water partition coefficient (Wildman–Crippen LogP) is 1.67. The van der Waals surface area contributed by atoms with Crippen LogP contribution in [0.5, 0.6) is 0 Å². The normalized spacial score (nSPS) is 12.1. The van der Waals surface area contributed by atoms with Gasteiger partial charge in [-0.15, -0.1) is 0 Å². The lowest BCUT2D eigenvalue weighted by molar-refractivity contribution is -0.139. The summed E-state index contributed by atoms with van der Waals surface area (Å²) in [5.41, 5.74) is 7.11. The maximum atomic E-state index is 11.6. The van der Waals surface area contributed by atoms with E-state index in [0.29, 0.717) is 17.6 Å². The molecule has 1 atom stereocenters. The van der Waals surface area contributed by atoms with Crippen molar-refractivity contribution in [3.63, 3.8) is 0 Å². The molecular weight excluding hydrogens is 302 g/mol. The minimum absolute atomic E-state index is 0.103. The van der Waals surface area contributed by atoms with Crippen molar-refractivity contribution in [2.45, 2.75) is 33.6 Å². The van der Waals surface area contributed by atoms with Gasteiger partial charge in [0, 0.05) is 17.7 Å². The molecule has 0 aliphatic carbocycles. The number of carbonyl (C=O) groups is 3. The van der Waals surface area contributed by atoms with Gasteiger partial charge in [-0.1, -0.05) is 20.4 Å². The molecule has 3 N–H and O–H groups in total. The fourth-order valence-electron chi connectivity index (χ4n) is 1.79. The molecule has 7 heteroatoms. The number of aliphatic carboxylic acids is 1. The molecule has 0 radical (unpaired) electrons. The third-order valence-corrected chi connectivity index (χ3v) is 2.97. The van der Waals surface area contributed by atoms with Gasteiger partial charge in [-0.2, -0.15) is 0 Å². The topological polar surface area (TPSA) is 116 Å². The van der Waals surface area contributed by atoms with E-state index in [0.717, 1.165) is 5.57 Å². The summed E-state index contributed by atoms with van der Waals surface area (Å²) >= 11 is 0. The summed E-state index contributed by atoms with van der Waals surface area (Å²) in [6, 6.07) is 0. The first-order chi connectivity index (χ1) is 10.7. The largest absolute Gasteiger partial charge is 0.481 e. The summed E-state index contributed by atoms with van der Waals surface area (Å²) in [7, 11) is 2.61. The van der Waals surface area contributed by atoms with E-state index in [9.17, 15) is 14.4 Å². The van der Waals surface area contributed by atoms with Crippen molar-refractivity contribution in [2.24, 2.45) is 11.7 Å². The number of methoxy groups -OCH3 is 2. The molecule has 0 spiro atoms. The molecule has 132 valence electrons. The molecular formula is C16H27NO6. The van der Waals surface area contributed by atoms with Gasteiger partial charge in [0.1, 0.15) is 0 Å². The van der Waals surface area contributed by atoms with Crippen LogP contribution in [0.15, 0.2) is 23.3 Å². The zero-order chi connectivity index (χ0) is 18.6. The molecule has 0 amide bonds. The fourth-order valence-corrected chi connectivity index (χ4v) is 1.79. The van der Waals surface area contributed by atoms with Gasteiger partial charge in [-0.3, -0.25) is 4.79 Å². The van der Waals surface area contributed by atoms with Crippen LogP contribution in [0.1, 0.15) is 33.6 Å². The molecule has 1 unspecified atom stereocenters. The van der Waals surface area contributed by atoms with Gasteiger partial charge in [-0.25, -0.2) is 9.59 Å². The molecule has 0 fully saturated rings. The summed E-state index contributed by atoms with van der Waals surface area (Å²) in [6.45, 7) is 8.76. The molecule has 0 saturated heterocycles. The summed E-state index contributed by atoms with van der Waals surface area (Å²) in [5.74, 6) is -2.17. The summed E-state index contributed by atoms with van der Waals surface area (Å²) in [6.07, 6.45) is 0.513. The lowest BCUT2D eigenvalue weighted by atomic mass is 9.91. The van der Waals surface area contributed by atoms with Crippen molar-refractivity contribution in [3.8, 4) is 0 Å². The molecule has 0 aromatic rings. The fraction of sp³-hybridized carbons (Fsp3) is 0.562. The second-order valence-corrected chi connectivity index (χ2v) is 4.84. The number of rotatable bonds is 7. The standard InChI is InChI=1S/C11H19NO4.C5H8O2/c1-4-8(6-12)10(11(15)16-3)7(2)5-9(13)14;1-4(2)5(6)7-3/h7H,4-6,12H2,1-3H3,(H,13,14);1H2,2-3H3. The third kappa shape index (κ3) is 9.46. The summed E-state index contributed by atoms with van der Waals surface area (Å²) in [4.78, 5) is 32.4. The van der Waals surface area contributed by atoms with Gasteiger partial charge in [0.2, 0.25) is 0 Å². The average molecular weight is 329 g/mol. The van der Waals surface area contributed by atoms with E-state index < -0.39 is 11.9 Å². The van der Waals surface area contributed by atoms with Gasteiger partial charge in [0.15, 0.2) is 0 Å². The molecule has 23 heavy (non-hydrogen) atoms. The number of hydrogen-bond acceptors (Lipinski definition) is 6. The third-order valence-electron chi connectivity index (χ3n) is 2.97. The number of carbonyl (C=O) groups excluding carboxylic acids is 2. The second-order valence-electron chi connectivity index (χ2n) is 4.84. The Morgan fingerprint density at radius 1 is 1.17 bits per heavy atom. The second kappa shape index (κ2) is 12.4. The van der Waals surface area contributed by atoms with Crippen LogP contribution in [-0.2, 0) is 23.9 Å². The van der Waals surface area contributed by atoms with E-state index in [1.165, 1.54) is 14.2 Å². The number of carboxylic acid groups (broad SMARTS) is 1. The van der Waals surface area contributed by atoms with Crippen molar-refractivity contribution in [1.82, 2.24) is 0 Å². The highest BCUT2D eigenvalue weighted by atomic mass is 16.5. The van der Waals surface area contributed by atoms with Crippen LogP contribution in [0.4, 0.5) is 0 Å². The Morgan fingerprint density at radius 3 is 1.87 bits per heavy atom. The van der Waals surface area contributed by atoms with Gasteiger partial charge in [0.25, 0.3) is 0 Å². The van der Waals surface area contributed by atoms with E-state index in [1.54, 1.807) is 13.8 Å². The van der Waals surface area contributed by atoms with Crippen molar-refractivity contribution < 1.29 is 29.0 Å². The molecule has 0 saturated carbocycles. The van der Waals surface area contributed by atoms with E-state index in [-0.39, 0.29) is 24.9 Å². The van der Waals surface area contributed by atoms with E-state index in [2.05, 4.69) is 16.1 Å². The minimum Gasteiger partial charge on any atom is -0.481 e. The van der Waals surface area contributed by atoms with Crippen molar-refractivity contribution in [1.29, 1.82) is 0 Å². The van der Waals surface area contributed by atoms with E-state index in [1.807, 2.05) is 6.92 Å². The Labute approximate surface area is 137 Å². The Kier molecular flexibility index (Phi) is 12.5. The number of hydrogen-bond donors (Lipinski definition) is 2. The Morgan fingerprint density at radius 2 is 1.65 bits per heavy atom. The number of nitrogens with two attached hydrogens (primary N) is 1. The quantitative estimate of drug-likeness (QED) is 0.539. The highest BCUT2D eigenvalue weighted by molar-refractivity contribution is 5.90. The first-order valence-corrected chi connectivity index (χ1v) is 7.11. The van der Waals surface area contributed by atoms with Crippen LogP contribution in [0, 0.1) is 5.92 Å². The van der Waals surface area contributed by atoms with Crippen LogP contribution >= 0.6 is 0 Å². The number of carboxylic acids is 1. The van der Waals surface area contributed by atoms with E-state index in [4.69, 9.17) is 10.8 Å². The van der Waals surface area contributed by atoms with Crippen LogP contribution in [0.3, 0.4) is 0 Å². The monoisotopic (exact) mass is 329 g/mol. The lowest BCUT2D eigenvalue weighted by Gasteiger charge is -2.16. The molecule has 0 aliphatic rings. The van der Waals surface area contributed by atoms with Gasteiger partial charge < -0.3 is 20.3 Å². The van der Waals surface area contributed by atoms with Gasteiger partial charge >= 0.3 is 17.9 Å². The molecule has 0 aromatic carbocycles. The number of esters is 2. The summed E-state index contributed by atoms with van der Waals surface area (Å²) in [5, 5.41) is 8.71. The SMILES string of the molecule is C=C(C)C(=O)OC.CCC(CN)=C(C(=O)OC)C(C)CC(=O)O. The first kappa shape index (κ1) is 23.1. The number of ether oxygens (including phenoxy) is 2. The smallest absolute Gasteiger partial charge is 0.334 e.